The Labute approximate surface area is 190 Å². The van der Waals surface area contributed by atoms with Crippen LogP contribution < -0.4 is 10.1 Å². The number of esters is 1. The number of halogens is 4. The van der Waals surface area contributed by atoms with Crippen LogP contribution in [0.25, 0.3) is 11.3 Å². The number of methoxy groups -OCH3 is 1. The van der Waals surface area contributed by atoms with Gasteiger partial charge in [-0.25, -0.2) is 4.79 Å². The van der Waals surface area contributed by atoms with E-state index in [9.17, 15) is 9.59 Å². The maximum atomic E-state index is 12.3. The van der Waals surface area contributed by atoms with Gasteiger partial charge in [0.2, 0.25) is 5.88 Å². The number of anilines is 1. The fourth-order valence-electron chi connectivity index (χ4n) is 2.46. The maximum Gasteiger partial charge on any atom is 0.345 e. The van der Waals surface area contributed by atoms with Gasteiger partial charge in [-0.15, -0.1) is 0 Å². The monoisotopic (exact) mass is 488 g/mol. The molecule has 0 aliphatic rings. The maximum absolute atomic E-state index is 12.3. The van der Waals surface area contributed by atoms with Gasteiger partial charge in [-0.05, 0) is 30.3 Å². The van der Waals surface area contributed by atoms with E-state index in [2.05, 4.69) is 10.5 Å². The van der Waals surface area contributed by atoms with Crippen molar-refractivity contribution >= 4 is 64.2 Å². The molecule has 1 amide bonds. The van der Waals surface area contributed by atoms with E-state index in [-0.39, 0.29) is 43.5 Å². The fourth-order valence-corrected chi connectivity index (χ4v) is 3.50. The van der Waals surface area contributed by atoms with Gasteiger partial charge in [-0.1, -0.05) is 57.6 Å². The lowest BCUT2D eigenvalue weighted by Gasteiger charge is -2.09. The number of carbonyl (C=O) groups excluding carboxylic acids is 2. The minimum absolute atomic E-state index is 0.0226. The first-order valence-electron chi connectivity index (χ1n) is 8.22. The molecule has 0 radical (unpaired) electrons. The third-order valence-corrected chi connectivity index (χ3v) is 4.95. The average molecular weight is 490 g/mol. The molecule has 30 heavy (non-hydrogen) atoms. The molecule has 0 saturated carbocycles. The van der Waals surface area contributed by atoms with Gasteiger partial charge in [0, 0.05) is 10.6 Å². The summed E-state index contributed by atoms with van der Waals surface area (Å²) in [5.41, 5.74) is 0.134. The first kappa shape index (κ1) is 22.2. The van der Waals surface area contributed by atoms with Crippen molar-refractivity contribution in [3.05, 3.63) is 62.1 Å². The second-order valence-corrected chi connectivity index (χ2v) is 7.39. The number of ether oxygens (including phenoxy) is 2. The van der Waals surface area contributed by atoms with Gasteiger partial charge >= 0.3 is 5.97 Å². The van der Waals surface area contributed by atoms with Gasteiger partial charge in [0.25, 0.3) is 5.91 Å². The van der Waals surface area contributed by atoms with E-state index < -0.39 is 18.5 Å². The first-order chi connectivity index (χ1) is 14.3. The molecule has 0 spiro atoms. The summed E-state index contributed by atoms with van der Waals surface area (Å²) < 4.78 is 15.3. The highest BCUT2D eigenvalue weighted by atomic mass is 35.5. The summed E-state index contributed by atoms with van der Waals surface area (Å²) >= 11 is 24.2. The van der Waals surface area contributed by atoms with Gasteiger partial charge in [-0.2, -0.15) is 0 Å². The minimum Gasteiger partial charge on any atom is -0.482 e. The number of rotatable bonds is 6. The van der Waals surface area contributed by atoms with E-state index in [0.29, 0.717) is 5.02 Å². The van der Waals surface area contributed by atoms with Gasteiger partial charge in [0.05, 0.1) is 22.2 Å². The zero-order valence-electron chi connectivity index (χ0n) is 15.2. The van der Waals surface area contributed by atoms with Gasteiger partial charge in [-0.3, -0.25) is 10.1 Å². The molecule has 0 aliphatic carbocycles. The highest BCUT2D eigenvalue weighted by molar-refractivity contribution is 6.39. The van der Waals surface area contributed by atoms with Gasteiger partial charge < -0.3 is 14.0 Å². The van der Waals surface area contributed by atoms with Crippen molar-refractivity contribution in [1.82, 2.24) is 5.16 Å². The highest BCUT2D eigenvalue weighted by Gasteiger charge is 2.28. The summed E-state index contributed by atoms with van der Waals surface area (Å²) in [5.74, 6) is -1.44. The van der Waals surface area contributed by atoms with Crippen molar-refractivity contribution < 1.29 is 23.6 Å². The molecule has 1 heterocycles. The molecule has 2 aromatic carbocycles. The van der Waals surface area contributed by atoms with Gasteiger partial charge in [0.15, 0.2) is 12.2 Å². The first-order valence-corrected chi connectivity index (χ1v) is 9.73. The lowest BCUT2D eigenvalue weighted by Crippen LogP contribution is -2.21. The van der Waals surface area contributed by atoms with Crippen molar-refractivity contribution in [3.8, 4) is 17.0 Å². The van der Waals surface area contributed by atoms with Crippen molar-refractivity contribution in [2.45, 2.75) is 0 Å². The third kappa shape index (κ3) is 4.82. The summed E-state index contributed by atoms with van der Waals surface area (Å²) in [6.45, 7) is -0.426. The SMILES string of the molecule is COC(=O)c1c(-c2c(Cl)cccc2Cl)noc1NC(=O)COc1ccc(Cl)cc1Cl. The topological polar surface area (TPSA) is 90.7 Å². The Morgan fingerprint density at radius 2 is 1.77 bits per heavy atom. The predicted molar refractivity (Wildman–Crippen MR) is 114 cm³/mol. The Hall–Kier alpha value is -2.45. The number of nitrogens with one attached hydrogen (secondary N) is 1. The van der Waals surface area contributed by atoms with Crippen LogP contribution in [0.4, 0.5) is 5.88 Å². The molecule has 1 N–H and O–H groups in total. The normalized spacial score (nSPS) is 10.6. The number of hydrogen-bond acceptors (Lipinski definition) is 6. The third-order valence-electron chi connectivity index (χ3n) is 3.79. The number of nitrogens with zero attached hydrogens (tertiary/aromatic N) is 1. The van der Waals surface area contributed by atoms with Crippen LogP contribution >= 0.6 is 46.4 Å². The lowest BCUT2D eigenvalue weighted by atomic mass is 10.1. The molecule has 0 fully saturated rings. The van der Waals surface area contributed by atoms with Crippen LogP contribution in [0.1, 0.15) is 10.4 Å². The predicted octanol–water partition coefficient (Wildman–Crippen LogP) is 5.76. The summed E-state index contributed by atoms with van der Waals surface area (Å²) in [5, 5.41) is 7.37. The van der Waals surface area contributed by atoms with Crippen molar-refractivity contribution in [3.63, 3.8) is 0 Å². The molecule has 11 heteroatoms. The van der Waals surface area contributed by atoms with E-state index in [1.807, 2.05) is 0 Å². The smallest absolute Gasteiger partial charge is 0.345 e. The largest absolute Gasteiger partial charge is 0.482 e. The zero-order chi connectivity index (χ0) is 21.8. The van der Waals surface area contributed by atoms with Crippen LogP contribution in [0, 0.1) is 0 Å². The molecule has 0 bridgehead atoms. The van der Waals surface area contributed by atoms with E-state index in [1.165, 1.54) is 19.2 Å². The van der Waals surface area contributed by atoms with E-state index in [4.69, 9.17) is 60.4 Å². The molecule has 7 nitrogen and oxygen atoms in total. The van der Waals surface area contributed by atoms with Crippen LogP contribution in [0.2, 0.25) is 20.1 Å². The van der Waals surface area contributed by atoms with Crippen LogP contribution in [0.3, 0.4) is 0 Å². The van der Waals surface area contributed by atoms with Crippen LogP contribution in [-0.2, 0) is 9.53 Å². The van der Waals surface area contributed by atoms with Crippen LogP contribution in [0.15, 0.2) is 40.9 Å². The summed E-state index contributed by atoms with van der Waals surface area (Å²) in [6, 6.07) is 9.33. The highest BCUT2D eigenvalue weighted by Crippen LogP contribution is 2.38. The number of hydrogen-bond donors (Lipinski definition) is 1. The minimum atomic E-state index is -0.806. The molecular weight excluding hydrogens is 478 g/mol. The summed E-state index contributed by atoms with van der Waals surface area (Å²) in [4.78, 5) is 24.6. The zero-order valence-corrected chi connectivity index (χ0v) is 18.2. The molecule has 1 aromatic heterocycles. The average Bonchev–Trinajstić information content (AvgIpc) is 3.09. The Balaban J connectivity index is 1.84. The van der Waals surface area contributed by atoms with Crippen molar-refractivity contribution in [2.75, 3.05) is 19.0 Å². The van der Waals surface area contributed by atoms with Crippen LogP contribution in [0.5, 0.6) is 5.75 Å². The second-order valence-electron chi connectivity index (χ2n) is 5.74. The number of benzene rings is 2. The van der Waals surface area contributed by atoms with E-state index in [0.717, 1.165) is 0 Å². The molecule has 3 rings (SSSR count). The Morgan fingerprint density at radius 1 is 1.07 bits per heavy atom. The Bertz CT molecular complexity index is 1100. The second kappa shape index (κ2) is 9.57. The Kier molecular flexibility index (Phi) is 7.10. The standard InChI is InChI=1S/C19H12Cl4N2O5/c1-28-19(27)16-17(15-10(21)3-2-4-11(15)22)25-30-18(16)24-14(26)8-29-13-6-5-9(20)7-12(13)23/h2-7H,8H2,1H3,(H,24,26). The quantitative estimate of drug-likeness (QED) is 0.442. The lowest BCUT2D eigenvalue weighted by molar-refractivity contribution is -0.118. The van der Waals surface area contributed by atoms with Gasteiger partial charge in [0.1, 0.15) is 11.4 Å². The summed E-state index contributed by atoms with van der Waals surface area (Å²) in [6.07, 6.45) is 0. The molecule has 0 atom stereocenters. The molecule has 3 aromatic rings. The van der Waals surface area contributed by atoms with Crippen molar-refractivity contribution in [2.24, 2.45) is 0 Å². The Morgan fingerprint density at radius 3 is 2.40 bits per heavy atom. The fraction of sp³-hybridized carbons (Fsp3) is 0.105. The number of amides is 1. The van der Waals surface area contributed by atoms with E-state index >= 15 is 0 Å². The molecule has 0 unspecified atom stereocenters. The summed E-state index contributed by atoms with van der Waals surface area (Å²) in [7, 11) is 1.17. The molecule has 0 saturated heterocycles. The molecule has 156 valence electrons. The van der Waals surface area contributed by atoms with Crippen molar-refractivity contribution in [1.29, 1.82) is 0 Å². The molecule has 0 aliphatic heterocycles. The molecular formula is C19H12Cl4N2O5. The number of carbonyl (C=O) groups is 2. The van der Waals surface area contributed by atoms with E-state index in [1.54, 1.807) is 24.3 Å². The number of aromatic nitrogens is 1. The van der Waals surface area contributed by atoms with Crippen LogP contribution in [-0.4, -0.2) is 30.7 Å².